The smallest absolute Gasteiger partial charge is 0.208 e. The van der Waals surface area contributed by atoms with E-state index >= 15 is 0 Å². The number of hydrogen-bond acceptors (Lipinski definition) is 5. The number of sulfone groups is 1. The number of methoxy groups -OCH3 is 2. The highest BCUT2D eigenvalue weighted by molar-refractivity contribution is 7.91. The van der Waals surface area contributed by atoms with Crippen LogP contribution in [0.3, 0.4) is 0 Å². The zero-order valence-corrected chi connectivity index (χ0v) is 13.5. The topological polar surface area (TPSA) is 65.5 Å². The second-order valence-corrected chi connectivity index (χ2v) is 6.83. The van der Waals surface area contributed by atoms with Gasteiger partial charge in [0.15, 0.2) is 11.5 Å². The van der Waals surface area contributed by atoms with E-state index < -0.39 is 9.84 Å². The van der Waals surface area contributed by atoms with Crippen molar-refractivity contribution in [3.05, 3.63) is 54.7 Å². The number of rotatable bonds is 4. The average molecular weight is 329 g/mol. The van der Waals surface area contributed by atoms with Gasteiger partial charge >= 0.3 is 0 Å². The van der Waals surface area contributed by atoms with Crippen molar-refractivity contribution < 1.29 is 17.9 Å². The summed E-state index contributed by atoms with van der Waals surface area (Å²) in [6.45, 7) is 0. The van der Waals surface area contributed by atoms with Gasteiger partial charge in [0.2, 0.25) is 9.84 Å². The highest BCUT2D eigenvalue weighted by Crippen LogP contribution is 2.32. The monoisotopic (exact) mass is 329 g/mol. The first-order chi connectivity index (χ1) is 11.1. The van der Waals surface area contributed by atoms with Crippen LogP contribution in [-0.4, -0.2) is 27.6 Å². The number of aromatic nitrogens is 1. The van der Waals surface area contributed by atoms with Gasteiger partial charge in [0, 0.05) is 17.6 Å². The lowest BCUT2D eigenvalue weighted by molar-refractivity contribution is 0.354. The summed E-state index contributed by atoms with van der Waals surface area (Å²) in [5.74, 6) is 0.838. The van der Waals surface area contributed by atoms with Gasteiger partial charge in [0.1, 0.15) is 0 Å². The van der Waals surface area contributed by atoms with Crippen molar-refractivity contribution in [2.75, 3.05) is 14.2 Å². The van der Waals surface area contributed by atoms with Crippen LogP contribution in [0.25, 0.3) is 10.9 Å². The molecule has 3 aromatic rings. The van der Waals surface area contributed by atoms with Gasteiger partial charge < -0.3 is 9.47 Å². The molecule has 23 heavy (non-hydrogen) atoms. The summed E-state index contributed by atoms with van der Waals surface area (Å²) in [6.07, 6.45) is 1.37. The van der Waals surface area contributed by atoms with Crippen LogP contribution in [0.4, 0.5) is 0 Å². The maximum Gasteiger partial charge on any atom is 0.208 e. The van der Waals surface area contributed by atoms with Gasteiger partial charge in [-0.3, -0.25) is 4.98 Å². The Hall–Kier alpha value is -2.60. The SMILES string of the molecule is COc1ccc(S(=O)(=O)c2cnc3ccccc3c2)cc1OC. The molecule has 0 amide bonds. The fourth-order valence-corrected chi connectivity index (χ4v) is 3.57. The molecule has 0 saturated carbocycles. The minimum atomic E-state index is -3.69. The summed E-state index contributed by atoms with van der Waals surface area (Å²) < 4.78 is 35.9. The molecule has 118 valence electrons. The lowest BCUT2D eigenvalue weighted by Crippen LogP contribution is -2.03. The predicted octanol–water partition coefficient (Wildman–Crippen LogP) is 3.08. The maximum absolute atomic E-state index is 12.8. The molecule has 0 aliphatic carbocycles. The third kappa shape index (κ3) is 2.73. The lowest BCUT2D eigenvalue weighted by Gasteiger charge is -2.10. The normalized spacial score (nSPS) is 11.4. The number of hydrogen-bond donors (Lipinski definition) is 0. The molecule has 0 spiro atoms. The molecule has 1 aromatic heterocycles. The molecule has 3 rings (SSSR count). The molecule has 0 fully saturated rings. The summed E-state index contributed by atoms with van der Waals surface area (Å²) in [7, 11) is -0.723. The molecule has 2 aromatic carbocycles. The van der Waals surface area contributed by atoms with E-state index in [0.717, 1.165) is 10.9 Å². The molecule has 1 heterocycles. The minimum Gasteiger partial charge on any atom is -0.493 e. The zero-order valence-electron chi connectivity index (χ0n) is 12.7. The van der Waals surface area contributed by atoms with Crippen LogP contribution in [0.1, 0.15) is 0 Å². The highest BCUT2D eigenvalue weighted by atomic mass is 32.2. The first kappa shape index (κ1) is 15.3. The van der Waals surface area contributed by atoms with Gasteiger partial charge in [0.25, 0.3) is 0 Å². The quantitative estimate of drug-likeness (QED) is 0.736. The van der Waals surface area contributed by atoms with Gasteiger partial charge in [-0.15, -0.1) is 0 Å². The molecule has 0 N–H and O–H groups in total. The number of fused-ring (bicyclic) bond motifs is 1. The molecule has 0 radical (unpaired) electrons. The van der Waals surface area contributed by atoms with Crippen LogP contribution in [-0.2, 0) is 9.84 Å². The van der Waals surface area contributed by atoms with Crippen molar-refractivity contribution in [2.24, 2.45) is 0 Å². The van der Waals surface area contributed by atoms with Crippen LogP contribution in [0.15, 0.2) is 64.5 Å². The van der Waals surface area contributed by atoms with E-state index in [4.69, 9.17) is 9.47 Å². The van der Waals surface area contributed by atoms with Crippen LogP contribution in [0.2, 0.25) is 0 Å². The second kappa shape index (κ2) is 5.89. The van der Waals surface area contributed by atoms with E-state index in [1.54, 1.807) is 12.1 Å². The molecule has 0 atom stereocenters. The number of pyridine rings is 1. The van der Waals surface area contributed by atoms with E-state index in [1.807, 2.05) is 24.3 Å². The number of para-hydroxylation sites is 1. The van der Waals surface area contributed by atoms with Crippen molar-refractivity contribution in [1.82, 2.24) is 4.98 Å². The number of benzene rings is 2. The minimum absolute atomic E-state index is 0.132. The van der Waals surface area contributed by atoms with Crippen molar-refractivity contribution >= 4 is 20.7 Å². The van der Waals surface area contributed by atoms with Gasteiger partial charge in [0.05, 0.1) is 29.5 Å². The summed E-state index contributed by atoms with van der Waals surface area (Å²) in [5, 5.41) is 0.772. The van der Waals surface area contributed by atoms with Gasteiger partial charge in [-0.25, -0.2) is 8.42 Å². The molecule has 0 unspecified atom stereocenters. The van der Waals surface area contributed by atoms with E-state index in [1.165, 1.54) is 32.5 Å². The Morgan fingerprint density at radius 3 is 2.35 bits per heavy atom. The molecule has 0 bridgehead atoms. The van der Waals surface area contributed by atoms with E-state index in [9.17, 15) is 8.42 Å². The Bertz CT molecular complexity index is 967. The van der Waals surface area contributed by atoms with Crippen molar-refractivity contribution in [1.29, 1.82) is 0 Å². The fraction of sp³-hybridized carbons (Fsp3) is 0.118. The van der Waals surface area contributed by atoms with Crippen LogP contribution >= 0.6 is 0 Å². The molecular formula is C17H15NO4S. The second-order valence-electron chi connectivity index (χ2n) is 4.88. The number of ether oxygens (including phenoxy) is 2. The van der Waals surface area contributed by atoms with E-state index in [2.05, 4.69) is 4.98 Å². The molecule has 0 aliphatic heterocycles. The van der Waals surface area contributed by atoms with Gasteiger partial charge in [-0.1, -0.05) is 18.2 Å². The van der Waals surface area contributed by atoms with Gasteiger partial charge in [-0.2, -0.15) is 0 Å². The first-order valence-corrected chi connectivity index (χ1v) is 8.36. The fourth-order valence-electron chi connectivity index (χ4n) is 2.32. The Balaban J connectivity index is 2.13. The van der Waals surface area contributed by atoms with Crippen LogP contribution < -0.4 is 9.47 Å². The summed E-state index contributed by atoms with van der Waals surface area (Å²) in [6, 6.07) is 13.5. The first-order valence-electron chi connectivity index (χ1n) is 6.88. The third-order valence-electron chi connectivity index (χ3n) is 3.54. The van der Waals surface area contributed by atoms with Crippen LogP contribution in [0, 0.1) is 0 Å². The Morgan fingerprint density at radius 2 is 1.61 bits per heavy atom. The summed E-state index contributed by atoms with van der Waals surface area (Å²) in [5.41, 5.74) is 0.749. The Labute approximate surface area is 134 Å². The molecular weight excluding hydrogens is 314 g/mol. The van der Waals surface area contributed by atoms with Crippen molar-refractivity contribution in [3.8, 4) is 11.5 Å². The standard InChI is InChI=1S/C17H15NO4S/c1-21-16-8-7-13(10-17(16)22-2)23(19,20)14-9-12-5-3-4-6-15(12)18-11-14/h3-11H,1-2H3. The largest absolute Gasteiger partial charge is 0.493 e. The molecule has 5 nitrogen and oxygen atoms in total. The summed E-state index contributed by atoms with van der Waals surface area (Å²) >= 11 is 0. The molecule has 0 saturated heterocycles. The maximum atomic E-state index is 12.8. The predicted molar refractivity (Wildman–Crippen MR) is 86.7 cm³/mol. The highest BCUT2D eigenvalue weighted by Gasteiger charge is 2.20. The zero-order chi connectivity index (χ0) is 16.4. The Morgan fingerprint density at radius 1 is 0.870 bits per heavy atom. The third-order valence-corrected chi connectivity index (χ3v) is 5.26. The van der Waals surface area contributed by atoms with Gasteiger partial charge in [-0.05, 0) is 24.3 Å². The van der Waals surface area contributed by atoms with Crippen LogP contribution in [0.5, 0.6) is 11.5 Å². The Kier molecular flexibility index (Phi) is 3.92. The van der Waals surface area contributed by atoms with Crippen molar-refractivity contribution in [3.63, 3.8) is 0 Å². The number of nitrogens with zero attached hydrogens (tertiary/aromatic N) is 1. The molecule has 6 heteroatoms. The van der Waals surface area contributed by atoms with Crippen molar-refractivity contribution in [2.45, 2.75) is 9.79 Å². The average Bonchev–Trinajstić information content (AvgIpc) is 2.60. The van der Waals surface area contributed by atoms with E-state index in [-0.39, 0.29) is 9.79 Å². The molecule has 0 aliphatic rings. The lowest BCUT2D eigenvalue weighted by atomic mass is 10.2. The van der Waals surface area contributed by atoms with E-state index in [0.29, 0.717) is 11.5 Å². The summed E-state index contributed by atoms with van der Waals surface area (Å²) in [4.78, 5) is 4.49.